The number of piperazine rings is 1. The van der Waals surface area contributed by atoms with Gasteiger partial charge in [-0.2, -0.15) is 0 Å². The van der Waals surface area contributed by atoms with Gasteiger partial charge in [0, 0.05) is 43.0 Å². The second kappa shape index (κ2) is 7.07. The van der Waals surface area contributed by atoms with Crippen LogP contribution in [0.4, 0.5) is 0 Å². The summed E-state index contributed by atoms with van der Waals surface area (Å²) >= 11 is 1.65. The average Bonchev–Trinajstić information content (AvgIpc) is 3.00. The maximum absolute atomic E-state index is 12.4. The fourth-order valence-electron chi connectivity index (χ4n) is 2.84. The van der Waals surface area contributed by atoms with E-state index in [1.165, 1.54) is 10.4 Å². The van der Waals surface area contributed by atoms with Gasteiger partial charge in [0.25, 0.3) is 5.91 Å². The summed E-state index contributed by atoms with van der Waals surface area (Å²) in [4.78, 5) is 18.1. The Labute approximate surface area is 136 Å². The van der Waals surface area contributed by atoms with E-state index in [2.05, 4.69) is 35.2 Å². The predicted octanol–water partition coefficient (Wildman–Crippen LogP) is 3.06. The highest BCUT2D eigenvalue weighted by molar-refractivity contribution is 7.10. The zero-order valence-electron chi connectivity index (χ0n) is 13.0. The minimum absolute atomic E-state index is 0.187. The van der Waals surface area contributed by atoms with Crippen LogP contribution in [-0.4, -0.2) is 48.4 Å². The topological polar surface area (TPSA) is 23.6 Å². The van der Waals surface area contributed by atoms with Gasteiger partial charge in [-0.3, -0.25) is 9.69 Å². The van der Waals surface area contributed by atoms with E-state index in [4.69, 9.17) is 0 Å². The Morgan fingerprint density at radius 3 is 2.50 bits per heavy atom. The predicted molar refractivity (Wildman–Crippen MR) is 91.5 cm³/mol. The van der Waals surface area contributed by atoms with Crippen LogP contribution < -0.4 is 0 Å². The minimum Gasteiger partial charge on any atom is -0.336 e. The molecule has 3 nitrogen and oxygen atoms in total. The van der Waals surface area contributed by atoms with Gasteiger partial charge in [0.15, 0.2) is 0 Å². The molecule has 116 valence electrons. The molecule has 0 radical (unpaired) electrons. The van der Waals surface area contributed by atoms with Gasteiger partial charge in [-0.15, -0.1) is 11.3 Å². The molecule has 0 saturated carbocycles. The van der Waals surface area contributed by atoms with Crippen molar-refractivity contribution in [1.82, 2.24) is 9.80 Å². The average molecular weight is 314 g/mol. The largest absolute Gasteiger partial charge is 0.336 e. The molecule has 0 unspecified atom stereocenters. The molecule has 0 atom stereocenters. The van der Waals surface area contributed by atoms with Gasteiger partial charge in [-0.25, -0.2) is 0 Å². The molecule has 2 aromatic rings. The Hall–Kier alpha value is -1.65. The molecule has 0 spiro atoms. The van der Waals surface area contributed by atoms with Crippen molar-refractivity contribution < 1.29 is 4.79 Å². The maximum atomic E-state index is 12.4. The highest BCUT2D eigenvalue weighted by atomic mass is 32.1. The van der Waals surface area contributed by atoms with E-state index < -0.39 is 0 Å². The van der Waals surface area contributed by atoms with Crippen LogP contribution in [0, 0.1) is 6.92 Å². The molecule has 1 aliphatic heterocycles. The zero-order chi connectivity index (χ0) is 15.4. The SMILES string of the molecule is Cc1cc(C(=O)N2CCN(CCc3ccccc3)CC2)cs1. The molecule has 0 N–H and O–H groups in total. The van der Waals surface area contributed by atoms with Crippen molar-refractivity contribution in [2.75, 3.05) is 32.7 Å². The molecule has 2 heterocycles. The second-order valence-corrected chi connectivity index (χ2v) is 6.93. The van der Waals surface area contributed by atoms with Crippen molar-refractivity contribution in [1.29, 1.82) is 0 Å². The van der Waals surface area contributed by atoms with Crippen molar-refractivity contribution in [3.8, 4) is 0 Å². The van der Waals surface area contributed by atoms with Crippen molar-refractivity contribution in [2.45, 2.75) is 13.3 Å². The summed E-state index contributed by atoms with van der Waals surface area (Å²) in [5.74, 6) is 0.187. The monoisotopic (exact) mass is 314 g/mol. The van der Waals surface area contributed by atoms with Gasteiger partial charge in [0.2, 0.25) is 0 Å². The van der Waals surface area contributed by atoms with Crippen molar-refractivity contribution >= 4 is 17.2 Å². The van der Waals surface area contributed by atoms with Crippen LogP contribution in [0.2, 0.25) is 0 Å². The normalized spacial score (nSPS) is 16.0. The van der Waals surface area contributed by atoms with E-state index in [-0.39, 0.29) is 5.91 Å². The Bertz CT molecular complexity index is 615. The molecular weight excluding hydrogens is 292 g/mol. The standard InChI is InChI=1S/C18H22N2OS/c1-15-13-17(14-22-15)18(21)20-11-9-19(10-12-20)8-7-16-5-3-2-4-6-16/h2-6,13-14H,7-12H2,1H3. The number of hydrogen-bond acceptors (Lipinski definition) is 3. The van der Waals surface area contributed by atoms with Crippen LogP contribution in [-0.2, 0) is 6.42 Å². The maximum Gasteiger partial charge on any atom is 0.254 e. The summed E-state index contributed by atoms with van der Waals surface area (Å²) in [5, 5.41) is 1.97. The summed E-state index contributed by atoms with van der Waals surface area (Å²) in [6.07, 6.45) is 1.08. The molecule has 1 aliphatic rings. The number of hydrogen-bond donors (Lipinski definition) is 0. The second-order valence-electron chi connectivity index (χ2n) is 5.82. The van der Waals surface area contributed by atoms with Gasteiger partial charge in [-0.05, 0) is 25.0 Å². The van der Waals surface area contributed by atoms with E-state index >= 15 is 0 Å². The quantitative estimate of drug-likeness (QED) is 0.866. The van der Waals surface area contributed by atoms with E-state index in [9.17, 15) is 4.79 Å². The molecule has 1 aromatic heterocycles. The zero-order valence-corrected chi connectivity index (χ0v) is 13.8. The van der Waals surface area contributed by atoms with Crippen molar-refractivity contribution in [3.63, 3.8) is 0 Å². The number of amides is 1. The molecule has 1 saturated heterocycles. The fourth-order valence-corrected chi connectivity index (χ4v) is 3.52. The first-order valence-corrected chi connectivity index (χ1v) is 8.71. The smallest absolute Gasteiger partial charge is 0.254 e. The number of carbonyl (C=O) groups excluding carboxylic acids is 1. The number of carbonyl (C=O) groups is 1. The first-order valence-electron chi connectivity index (χ1n) is 7.83. The van der Waals surface area contributed by atoms with Crippen LogP contribution in [0.5, 0.6) is 0 Å². The van der Waals surface area contributed by atoms with E-state index in [0.717, 1.165) is 44.7 Å². The summed E-state index contributed by atoms with van der Waals surface area (Å²) in [6.45, 7) is 6.74. The van der Waals surface area contributed by atoms with E-state index in [0.29, 0.717) is 0 Å². The first-order chi connectivity index (χ1) is 10.7. The fraction of sp³-hybridized carbons (Fsp3) is 0.389. The highest BCUT2D eigenvalue weighted by Gasteiger charge is 2.22. The first kappa shape index (κ1) is 15.3. The molecule has 3 rings (SSSR count). The molecule has 0 aliphatic carbocycles. The summed E-state index contributed by atoms with van der Waals surface area (Å²) in [7, 11) is 0. The molecular formula is C18H22N2OS. The lowest BCUT2D eigenvalue weighted by molar-refractivity contribution is 0.0639. The van der Waals surface area contributed by atoms with Crippen LogP contribution in [0.1, 0.15) is 20.8 Å². The Morgan fingerprint density at radius 2 is 1.86 bits per heavy atom. The van der Waals surface area contributed by atoms with E-state index in [1.807, 2.05) is 23.3 Å². The van der Waals surface area contributed by atoms with Gasteiger partial charge in [-0.1, -0.05) is 30.3 Å². The summed E-state index contributed by atoms with van der Waals surface area (Å²) in [5.41, 5.74) is 2.23. The lowest BCUT2D eigenvalue weighted by Gasteiger charge is -2.34. The Balaban J connectivity index is 1.47. The lowest BCUT2D eigenvalue weighted by Crippen LogP contribution is -2.49. The number of nitrogens with zero attached hydrogens (tertiary/aromatic N) is 2. The third-order valence-electron chi connectivity index (χ3n) is 4.20. The number of benzene rings is 1. The van der Waals surface area contributed by atoms with Crippen molar-refractivity contribution in [2.24, 2.45) is 0 Å². The van der Waals surface area contributed by atoms with Gasteiger partial charge < -0.3 is 4.90 Å². The molecule has 1 aromatic carbocycles. The third-order valence-corrected chi connectivity index (χ3v) is 5.06. The highest BCUT2D eigenvalue weighted by Crippen LogP contribution is 2.16. The van der Waals surface area contributed by atoms with Crippen LogP contribution in [0.3, 0.4) is 0 Å². The van der Waals surface area contributed by atoms with Crippen LogP contribution in [0.25, 0.3) is 0 Å². The molecule has 1 amide bonds. The van der Waals surface area contributed by atoms with Gasteiger partial charge >= 0.3 is 0 Å². The lowest BCUT2D eigenvalue weighted by atomic mass is 10.1. The van der Waals surface area contributed by atoms with Gasteiger partial charge in [0.05, 0.1) is 5.56 Å². The van der Waals surface area contributed by atoms with Crippen LogP contribution in [0.15, 0.2) is 41.8 Å². The molecule has 22 heavy (non-hydrogen) atoms. The number of aryl methyl sites for hydroxylation is 1. The molecule has 4 heteroatoms. The molecule has 1 fully saturated rings. The Kier molecular flexibility index (Phi) is 4.90. The number of thiophene rings is 1. The number of rotatable bonds is 4. The summed E-state index contributed by atoms with van der Waals surface area (Å²) < 4.78 is 0. The third kappa shape index (κ3) is 3.76. The Morgan fingerprint density at radius 1 is 1.14 bits per heavy atom. The van der Waals surface area contributed by atoms with Gasteiger partial charge in [0.1, 0.15) is 0 Å². The van der Waals surface area contributed by atoms with Crippen molar-refractivity contribution in [3.05, 3.63) is 57.8 Å². The molecule has 0 bridgehead atoms. The summed E-state index contributed by atoms with van der Waals surface area (Å²) in [6, 6.07) is 12.6. The van der Waals surface area contributed by atoms with Crippen LogP contribution >= 0.6 is 11.3 Å². The van der Waals surface area contributed by atoms with E-state index in [1.54, 1.807) is 11.3 Å². The minimum atomic E-state index is 0.187.